The Morgan fingerprint density at radius 2 is 2.13 bits per heavy atom. The molecule has 0 amide bonds. The second kappa shape index (κ2) is 4.43. The SMILES string of the molecule is CCOCc1cnc(C(F)(F)F)nc1N. The van der Waals surface area contributed by atoms with Crippen molar-refractivity contribution < 1.29 is 17.9 Å². The molecule has 0 fully saturated rings. The molecule has 0 aromatic carbocycles. The quantitative estimate of drug-likeness (QED) is 0.842. The van der Waals surface area contributed by atoms with Gasteiger partial charge in [0.15, 0.2) is 0 Å². The van der Waals surface area contributed by atoms with Crippen LogP contribution >= 0.6 is 0 Å². The standard InChI is InChI=1S/C8H10F3N3O/c1-2-15-4-5-3-13-7(8(9,10)11)14-6(5)12/h3H,2,4H2,1H3,(H2,12,13,14). The molecule has 0 aliphatic rings. The summed E-state index contributed by atoms with van der Waals surface area (Å²) in [6.07, 6.45) is -3.54. The number of halogens is 3. The van der Waals surface area contributed by atoms with Gasteiger partial charge < -0.3 is 10.5 Å². The summed E-state index contributed by atoms with van der Waals surface area (Å²) in [5, 5.41) is 0. The van der Waals surface area contributed by atoms with E-state index < -0.39 is 12.0 Å². The monoisotopic (exact) mass is 221 g/mol. The van der Waals surface area contributed by atoms with Gasteiger partial charge >= 0.3 is 6.18 Å². The molecule has 0 aliphatic carbocycles. The van der Waals surface area contributed by atoms with Crippen molar-refractivity contribution in [3.63, 3.8) is 0 Å². The van der Waals surface area contributed by atoms with Gasteiger partial charge in [-0.25, -0.2) is 9.97 Å². The predicted octanol–water partition coefficient (Wildman–Crippen LogP) is 1.61. The van der Waals surface area contributed by atoms with Crippen molar-refractivity contribution in [2.45, 2.75) is 19.7 Å². The summed E-state index contributed by atoms with van der Waals surface area (Å²) in [5.74, 6) is -1.44. The number of nitrogens with two attached hydrogens (primary N) is 1. The molecule has 0 saturated heterocycles. The summed E-state index contributed by atoms with van der Waals surface area (Å²) in [4.78, 5) is 6.33. The highest BCUT2D eigenvalue weighted by Gasteiger charge is 2.34. The van der Waals surface area contributed by atoms with E-state index in [0.717, 1.165) is 6.20 Å². The van der Waals surface area contributed by atoms with Gasteiger partial charge in [0.05, 0.1) is 6.61 Å². The molecule has 1 aromatic heterocycles. The molecule has 84 valence electrons. The van der Waals surface area contributed by atoms with Gasteiger partial charge in [-0.2, -0.15) is 13.2 Å². The van der Waals surface area contributed by atoms with Crippen LogP contribution in [0.15, 0.2) is 6.20 Å². The number of hydrogen-bond acceptors (Lipinski definition) is 4. The van der Waals surface area contributed by atoms with Gasteiger partial charge in [-0.1, -0.05) is 0 Å². The normalized spacial score (nSPS) is 11.7. The maximum atomic E-state index is 12.1. The van der Waals surface area contributed by atoms with Crippen LogP contribution in [0.4, 0.5) is 19.0 Å². The smallest absolute Gasteiger partial charge is 0.383 e. The van der Waals surface area contributed by atoms with E-state index >= 15 is 0 Å². The zero-order valence-corrected chi connectivity index (χ0v) is 8.01. The lowest BCUT2D eigenvalue weighted by Gasteiger charge is -2.08. The van der Waals surface area contributed by atoms with Crippen molar-refractivity contribution in [1.29, 1.82) is 0 Å². The van der Waals surface area contributed by atoms with Crippen LogP contribution in [0.5, 0.6) is 0 Å². The summed E-state index contributed by atoms with van der Waals surface area (Å²) in [5.41, 5.74) is 5.68. The van der Waals surface area contributed by atoms with Crippen molar-refractivity contribution in [3.8, 4) is 0 Å². The van der Waals surface area contributed by atoms with Crippen LogP contribution in [0.25, 0.3) is 0 Å². The van der Waals surface area contributed by atoms with E-state index in [9.17, 15) is 13.2 Å². The Morgan fingerprint density at radius 3 is 2.60 bits per heavy atom. The van der Waals surface area contributed by atoms with Crippen LogP contribution in [-0.4, -0.2) is 16.6 Å². The van der Waals surface area contributed by atoms with Crippen LogP contribution in [-0.2, 0) is 17.5 Å². The third-order valence-corrected chi connectivity index (χ3v) is 1.61. The molecule has 0 unspecified atom stereocenters. The highest BCUT2D eigenvalue weighted by molar-refractivity contribution is 5.37. The van der Waals surface area contributed by atoms with Crippen molar-refractivity contribution >= 4 is 5.82 Å². The molecular weight excluding hydrogens is 211 g/mol. The topological polar surface area (TPSA) is 61.0 Å². The van der Waals surface area contributed by atoms with Crippen LogP contribution in [0.3, 0.4) is 0 Å². The first-order valence-electron chi connectivity index (χ1n) is 4.21. The predicted molar refractivity (Wildman–Crippen MR) is 46.8 cm³/mol. The van der Waals surface area contributed by atoms with Gasteiger partial charge in [0.1, 0.15) is 5.82 Å². The number of rotatable bonds is 3. The molecule has 1 heterocycles. The lowest BCUT2D eigenvalue weighted by molar-refractivity contribution is -0.144. The summed E-state index contributed by atoms with van der Waals surface area (Å²) in [6, 6.07) is 0. The molecule has 2 N–H and O–H groups in total. The van der Waals surface area contributed by atoms with Gasteiger partial charge in [0.25, 0.3) is 0 Å². The van der Waals surface area contributed by atoms with E-state index in [4.69, 9.17) is 10.5 Å². The average molecular weight is 221 g/mol. The number of ether oxygens (including phenoxy) is 1. The maximum Gasteiger partial charge on any atom is 0.451 e. The van der Waals surface area contributed by atoms with Crippen LogP contribution in [0, 0.1) is 0 Å². The van der Waals surface area contributed by atoms with E-state index in [2.05, 4.69) is 9.97 Å². The molecule has 15 heavy (non-hydrogen) atoms. The van der Waals surface area contributed by atoms with Gasteiger partial charge in [0, 0.05) is 18.4 Å². The Labute approximate surface area is 84.3 Å². The van der Waals surface area contributed by atoms with Gasteiger partial charge in [-0.3, -0.25) is 0 Å². The molecule has 0 radical (unpaired) electrons. The van der Waals surface area contributed by atoms with Crippen molar-refractivity contribution in [2.75, 3.05) is 12.3 Å². The maximum absolute atomic E-state index is 12.1. The first-order chi connectivity index (χ1) is 6.95. The number of hydrogen-bond donors (Lipinski definition) is 1. The van der Waals surface area contributed by atoms with E-state index in [0.29, 0.717) is 12.2 Å². The van der Waals surface area contributed by atoms with Crippen molar-refractivity contribution in [2.24, 2.45) is 0 Å². The molecule has 0 spiro atoms. The Bertz CT molecular complexity index is 340. The summed E-state index contributed by atoms with van der Waals surface area (Å²) >= 11 is 0. The molecule has 4 nitrogen and oxygen atoms in total. The summed E-state index contributed by atoms with van der Waals surface area (Å²) < 4.78 is 41.4. The summed E-state index contributed by atoms with van der Waals surface area (Å²) in [6.45, 7) is 2.32. The van der Waals surface area contributed by atoms with E-state index in [1.807, 2.05) is 0 Å². The first kappa shape index (κ1) is 11.7. The number of nitrogen functional groups attached to an aromatic ring is 1. The number of aromatic nitrogens is 2. The molecule has 1 rings (SSSR count). The minimum Gasteiger partial charge on any atom is -0.383 e. The van der Waals surface area contributed by atoms with Gasteiger partial charge in [0.2, 0.25) is 5.82 Å². The number of alkyl halides is 3. The molecule has 1 aromatic rings. The molecular formula is C8H10F3N3O. The fraction of sp³-hybridized carbons (Fsp3) is 0.500. The second-order valence-corrected chi connectivity index (χ2v) is 2.74. The third-order valence-electron chi connectivity index (χ3n) is 1.61. The number of nitrogens with zero attached hydrogens (tertiary/aromatic N) is 2. The Kier molecular flexibility index (Phi) is 3.46. The lowest BCUT2D eigenvalue weighted by Crippen LogP contribution is -2.14. The highest BCUT2D eigenvalue weighted by atomic mass is 19.4. The molecule has 7 heteroatoms. The van der Waals surface area contributed by atoms with E-state index in [-0.39, 0.29) is 12.4 Å². The first-order valence-corrected chi connectivity index (χ1v) is 4.21. The van der Waals surface area contributed by atoms with E-state index in [1.165, 1.54) is 0 Å². The van der Waals surface area contributed by atoms with Crippen LogP contribution in [0.2, 0.25) is 0 Å². The van der Waals surface area contributed by atoms with Crippen molar-refractivity contribution in [3.05, 3.63) is 17.6 Å². The number of anilines is 1. The zero-order valence-electron chi connectivity index (χ0n) is 8.01. The molecule has 0 aliphatic heterocycles. The minimum atomic E-state index is -4.57. The molecule has 0 atom stereocenters. The summed E-state index contributed by atoms with van der Waals surface area (Å²) in [7, 11) is 0. The Hall–Kier alpha value is -1.37. The molecule has 0 bridgehead atoms. The Balaban J connectivity index is 2.88. The van der Waals surface area contributed by atoms with Crippen molar-refractivity contribution in [1.82, 2.24) is 9.97 Å². The van der Waals surface area contributed by atoms with Gasteiger partial charge in [-0.15, -0.1) is 0 Å². The average Bonchev–Trinajstić information content (AvgIpc) is 2.14. The third kappa shape index (κ3) is 3.05. The van der Waals surface area contributed by atoms with E-state index in [1.54, 1.807) is 6.92 Å². The second-order valence-electron chi connectivity index (χ2n) is 2.74. The lowest BCUT2D eigenvalue weighted by atomic mass is 10.3. The Morgan fingerprint density at radius 1 is 1.47 bits per heavy atom. The zero-order chi connectivity index (χ0) is 11.5. The van der Waals surface area contributed by atoms with Crippen LogP contribution < -0.4 is 5.73 Å². The van der Waals surface area contributed by atoms with Gasteiger partial charge in [-0.05, 0) is 6.92 Å². The fourth-order valence-corrected chi connectivity index (χ4v) is 0.880. The molecule has 0 saturated carbocycles. The van der Waals surface area contributed by atoms with Crippen LogP contribution in [0.1, 0.15) is 18.3 Å². The highest BCUT2D eigenvalue weighted by Crippen LogP contribution is 2.26. The fourth-order valence-electron chi connectivity index (χ4n) is 0.880. The minimum absolute atomic E-state index is 0.112. The largest absolute Gasteiger partial charge is 0.451 e.